The van der Waals surface area contributed by atoms with E-state index in [0.717, 1.165) is 31.4 Å². The van der Waals surface area contributed by atoms with E-state index in [4.69, 9.17) is 17.0 Å². The van der Waals surface area contributed by atoms with Crippen LogP contribution in [-0.4, -0.2) is 55.3 Å². The summed E-state index contributed by atoms with van der Waals surface area (Å²) in [5.74, 6) is 0. The Morgan fingerprint density at radius 3 is 2.09 bits per heavy atom. The molecule has 0 radical (unpaired) electrons. The highest BCUT2D eigenvalue weighted by atomic mass is 32.1. The molecular formula is C7H14N2OS. The van der Waals surface area contributed by atoms with Crippen LogP contribution in [0.25, 0.3) is 0 Å². The van der Waals surface area contributed by atoms with E-state index in [9.17, 15) is 0 Å². The Kier molecular flexibility index (Phi) is 3.08. The van der Waals surface area contributed by atoms with Crippen LogP contribution in [0.5, 0.6) is 0 Å². The Morgan fingerprint density at radius 2 is 1.64 bits per heavy atom. The van der Waals surface area contributed by atoms with Crippen LogP contribution >= 0.6 is 12.2 Å². The number of hydrogen-bond acceptors (Lipinski definition) is 2. The first kappa shape index (κ1) is 8.74. The normalized spacial score (nSPS) is 21.5. The van der Waals surface area contributed by atoms with Crippen molar-refractivity contribution in [1.82, 2.24) is 9.80 Å². The lowest BCUT2D eigenvalue weighted by atomic mass is 10.5. The Balaban J connectivity index is 2.49. The highest BCUT2D eigenvalue weighted by Gasteiger charge is 2.11. The number of likely N-dealkylation sites (N-methyl/N-ethyl adjacent to an activating group) is 2. The van der Waals surface area contributed by atoms with Crippen molar-refractivity contribution < 1.29 is 4.74 Å². The summed E-state index contributed by atoms with van der Waals surface area (Å²) in [4.78, 5) is 4.07. The van der Waals surface area contributed by atoms with Gasteiger partial charge in [-0.2, -0.15) is 0 Å². The van der Waals surface area contributed by atoms with E-state index in [0.29, 0.717) is 0 Å². The maximum Gasteiger partial charge on any atom is 0.171 e. The molecule has 1 fully saturated rings. The second kappa shape index (κ2) is 3.88. The van der Waals surface area contributed by atoms with Gasteiger partial charge >= 0.3 is 0 Å². The monoisotopic (exact) mass is 174 g/mol. The van der Waals surface area contributed by atoms with Gasteiger partial charge in [-0.1, -0.05) is 0 Å². The fourth-order valence-corrected chi connectivity index (χ4v) is 1.17. The molecule has 1 aliphatic heterocycles. The van der Waals surface area contributed by atoms with Crippen LogP contribution in [-0.2, 0) is 4.74 Å². The summed E-state index contributed by atoms with van der Waals surface area (Å²) in [6, 6.07) is 0. The summed E-state index contributed by atoms with van der Waals surface area (Å²) in [6.07, 6.45) is 0. The van der Waals surface area contributed by atoms with Crippen molar-refractivity contribution >= 4 is 17.3 Å². The predicted molar refractivity (Wildman–Crippen MR) is 48.7 cm³/mol. The molecule has 0 saturated carbocycles. The van der Waals surface area contributed by atoms with Gasteiger partial charge in [0, 0.05) is 27.2 Å². The Labute approximate surface area is 72.9 Å². The molecule has 1 rings (SSSR count). The fourth-order valence-electron chi connectivity index (χ4n) is 0.988. The second-order valence-corrected chi connectivity index (χ2v) is 3.10. The number of thiocarbonyl (C=S) groups is 1. The first-order valence-corrected chi connectivity index (χ1v) is 4.16. The summed E-state index contributed by atoms with van der Waals surface area (Å²) in [7, 11) is 3.99. The van der Waals surface area contributed by atoms with E-state index >= 15 is 0 Å². The third-order valence-electron chi connectivity index (χ3n) is 1.80. The number of ether oxygens (including phenoxy) is 1. The van der Waals surface area contributed by atoms with E-state index < -0.39 is 0 Å². The molecule has 0 atom stereocenters. The first-order chi connectivity index (χ1) is 5.22. The van der Waals surface area contributed by atoms with E-state index in [1.165, 1.54) is 0 Å². The molecule has 0 aromatic carbocycles. The van der Waals surface area contributed by atoms with Crippen molar-refractivity contribution in [2.24, 2.45) is 0 Å². The van der Waals surface area contributed by atoms with Crippen molar-refractivity contribution in [3.8, 4) is 0 Å². The smallest absolute Gasteiger partial charge is 0.171 e. The zero-order valence-electron chi connectivity index (χ0n) is 7.04. The quantitative estimate of drug-likeness (QED) is 0.486. The standard InChI is InChI=1S/C7H14N2OS/c1-8-3-5-10-6-4-9(2)7(8)11/h3-6H2,1-2H3. The molecule has 0 aromatic heterocycles. The van der Waals surface area contributed by atoms with Gasteiger partial charge in [-0.25, -0.2) is 0 Å². The minimum absolute atomic E-state index is 0.782. The minimum atomic E-state index is 0.782. The topological polar surface area (TPSA) is 15.7 Å². The Hall–Kier alpha value is -0.350. The van der Waals surface area contributed by atoms with Gasteiger partial charge in [0.15, 0.2) is 5.11 Å². The van der Waals surface area contributed by atoms with Crippen molar-refractivity contribution in [1.29, 1.82) is 0 Å². The number of rotatable bonds is 0. The molecule has 64 valence electrons. The zero-order chi connectivity index (χ0) is 8.27. The van der Waals surface area contributed by atoms with Crippen LogP contribution in [0.3, 0.4) is 0 Å². The van der Waals surface area contributed by atoms with E-state index in [-0.39, 0.29) is 0 Å². The lowest BCUT2D eigenvalue weighted by Gasteiger charge is -2.30. The maximum atomic E-state index is 5.32. The molecule has 1 saturated heterocycles. The van der Waals surface area contributed by atoms with Gasteiger partial charge in [-0.05, 0) is 12.2 Å². The first-order valence-electron chi connectivity index (χ1n) is 3.76. The van der Waals surface area contributed by atoms with Crippen LogP contribution in [0.2, 0.25) is 0 Å². The van der Waals surface area contributed by atoms with Gasteiger partial charge in [0.05, 0.1) is 13.2 Å². The van der Waals surface area contributed by atoms with Crippen LogP contribution in [0, 0.1) is 0 Å². The third-order valence-corrected chi connectivity index (χ3v) is 2.42. The zero-order valence-corrected chi connectivity index (χ0v) is 7.86. The van der Waals surface area contributed by atoms with Crippen LogP contribution in [0.15, 0.2) is 0 Å². The maximum absolute atomic E-state index is 5.32. The largest absolute Gasteiger partial charge is 0.378 e. The molecule has 0 N–H and O–H groups in total. The van der Waals surface area contributed by atoms with Crippen LogP contribution in [0.4, 0.5) is 0 Å². The van der Waals surface area contributed by atoms with Crippen molar-refractivity contribution in [2.75, 3.05) is 40.4 Å². The van der Waals surface area contributed by atoms with Gasteiger partial charge in [-0.3, -0.25) is 0 Å². The molecule has 0 aliphatic carbocycles. The summed E-state index contributed by atoms with van der Waals surface area (Å²) in [5.41, 5.74) is 0. The van der Waals surface area contributed by atoms with Crippen molar-refractivity contribution in [3.05, 3.63) is 0 Å². The summed E-state index contributed by atoms with van der Waals surface area (Å²) < 4.78 is 5.32. The molecule has 11 heavy (non-hydrogen) atoms. The summed E-state index contributed by atoms with van der Waals surface area (Å²) in [5, 5.41) is 0.910. The number of hydrogen-bond donors (Lipinski definition) is 0. The average molecular weight is 174 g/mol. The highest BCUT2D eigenvalue weighted by Crippen LogP contribution is 1.97. The Bertz CT molecular complexity index is 137. The van der Waals surface area contributed by atoms with Crippen LogP contribution < -0.4 is 0 Å². The van der Waals surface area contributed by atoms with Gasteiger partial charge in [0.25, 0.3) is 0 Å². The third kappa shape index (κ3) is 2.31. The molecule has 3 nitrogen and oxygen atoms in total. The van der Waals surface area contributed by atoms with E-state index in [1.807, 2.05) is 23.9 Å². The lowest BCUT2D eigenvalue weighted by Crippen LogP contribution is -2.43. The average Bonchev–Trinajstić information content (AvgIpc) is 2.00. The minimum Gasteiger partial charge on any atom is -0.378 e. The molecule has 0 spiro atoms. The van der Waals surface area contributed by atoms with Gasteiger partial charge in [0.1, 0.15) is 0 Å². The molecule has 0 bridgehead atoms. The highest BCUT2D eigenvalue weighted by molar-refractivity contribution is 7.80. The SMILES string of the molecule is CN1CCOCCN(C)C1=S. The predicted octanol–water partition coefficient (Wildman–Crippen LogP) is 0.165. The van der Waals surface area contributed by atoms with E-state index in [1.54, 1.807) is 0 Å². The molecular weight excluding hydrogens is 160 g/mol. The molecule has 1 heterocycles. The summed E-state index contributed by atoms with van der Waals surface area (Å²) in [6.45, 7) is 3.35. The van der Waals surface area contributed by atoms with Crippen molar-refractivity contribution in [2.45, 2.75) is 0 Å². The van der Waals surface area contributed by atoms with Crippen molar-refractivity contribution in [3.63, 3.8) is 0 Å². The van der Waals surface area contributed by atoms with E-state index in [2.05, 4.69) is 0 Å². The van der Waals surface area contributed by atoms with Gasteiger partial charge < -0.3 is 14.5 Å². The number of nitrogens with zero attached hydrogens (tertiary/aromatic N) is 2. The fraction of sp³-hybridized carbons (Fsp3) is 0.857. The van der Waals surface area contributed by atoms with Gasteiger partial charge in [-0.15, -0.1) is 0 Å². The Morgan fingerprint density at radius 1 is 1.18 bits per heavy atom. The molecule has 0 unspecified atom stereocenters. The summed E-state index contributed by atoms with van der Waals surface area (Å²) >= 11 is 5.19. The van der Waals surface area contributed by atoms with Gasteiger partial charge in [0.2, 0.25) is 0 Å². The molecule has 0 amide bonds. The lowest BCUT2D eigenvalue weighted by molar-refractivity contribution is 0.100. The molecule has 0 aromatic rings. The molecule has 1 aliphatic rings. The molecule has 4 heteroatoms. The van der Waals surface area contributed by atoms with Crippen LogP contribution in [0.1, 0.15) is 0 Å². The second-order valence-electron chi connectivity index (χ2n) is 2.74.